The third-order valence-electron chi connectivity index (χ3n) is 6.21. The second-order valence-corrected chi connectivity index (χ2v) is 9.87. The second kappa shape index (κ2) is 9.33. The molecule has 1 amide bonds. The van der Waals surface area contributed by atoms with Crippen molar-refractivity contribution in [2.75, 3.05) is 6.54 Å². The molecule has 1 saturated carbocycles. The van der Waals surface area contributed by atoms with E-state index in [0.29, 0.717) is 28.3 Å². The second-order valence-electron chi connectivity index (χ2n) is 8.60. The maximum Gasteiger partial charge on any atom is 0.437 e. The van der Waals surface area contributed by atoms with E-state index in [1.54, 1.807) is 17.0 Å². The van der Waals surface area contributed by atoms with E-state index in [-0.39, 0.29) is 32.8 Å². The summed E-state index contributed by atoms with van der Waals surface area (Å²) in [6.07, 6.45) is -8.07. The highest BCUT2D eigenvalue weighted by Crippen LogP contribution is 2.54. The molecule has 0 unspecified atom stereocenters. The van der Waals surface area contributed by atoms with Gasteiger partial charge >= 0.3 is 18.0 Å². The van der Waals surface area contributed by atoms with Crippen LogP contribution in [0.4, 0.5) is 30.7 Å². The molecule has 0 spiro atoms. The fourth-order valence-electron chi connectivity index (χ4n) is 4.17. The monoisotopic (exact) mass is 614 g/mol. The Morgan fingerprint density at radius 3 is 2.27 bits per heavy atom. The predicted octanol–water partition coefficient (Wildman–Crippen LogP) is 7.21. The van der Waals surface area contributed by atoms with Crippen molar-refractivity contribution in [3.8, 4) is 16.9 Å². The topological polar surface area (TPSA) is 43.1 Å². The van der Waals surface area contributed by atoms with Crippen LogP contribution in [0.5, 0.6) is 0 Å². The van der Waals surface area contributed by atoms with E-state index in [9.17, 15) is 35.5 Å². The van der Waals surface area contributed by atoms with Gasteiger partial charge in [-0.05, 0) is 59.5 Å². The Labute approximate surface area is 219 Å². The zero-order valence-electron chi connectivity index (χ0n) is 19.3. The third-order valence-corrected chi connectivity index (χ3v) is 7.12. The summed E-state index contributed by atoms with van der Waals surface area (Å²) < 4.78 is 95.8. The van der Waals surface area contributed by atoms with Crippen LogP contribution in [0.1, 0.15) is 35.8 Å². The number of hydrogen-bond acceptors (Lipinski definition) is 2. The first-order valence-electron chi connectivity index (χ1n) is 11.0. The van der Waals surface area contributed by atoms with E-state index in [4.69, 9.17) is 11.6 Å². The summed E-state index contributed by atoms with van der Waals surface area (Å²) >= 11 is 9.20. The molecule has 200 valence electrons. The van der Waals surface area contributed by atoms with Crippen LogP contribution in [-0.2, 0) is 12.7 Å². The first-order valence-corrected chi connectivity index (χ1v) is 12.1. The minimum Gasteiger partial charge on any atom is -0.336 e. The summed E-state index contributed by atoms with van der Waals surface area (Å²) in [6, 6.07) is 5.23. The van der Waals surface area contributed by atoms with Crippen molar-refractivity contribution in [1.29, 1.82) is 0 Å². The molecule has 4 rings (SSSR count). The van der Waals surface area contributed by atoms with Crippen LogP contribution in [0.2, 0.25) is 5.02 Å². The lowest BCUT2D eigenvalue weighted by molar-refractivity contribution is -0.350. The Balaban J connectivity index is 1.74. The number of carbonyl (C=O) groups excluding carboxylic acids is 1. The smallest absolute Gasteiger partial charge is 0.336 e. The fraction of sp³-hybridized carbons (Fsp3) is 0.391. The first-order chi connectivity index (χ1) is 17.1. The molecule has 3 aromatic rings. The predicted molar refractivity (Wildman–Crippen MR) is 125 cm³/mol. The lowest BCUT2D eigenvalue weighted by Crippen LogP contribution is -2.51. The molecule has 0 N–H and O–H groups in total. The van der Waals surface area contributed by atoms with Gasteiger partial charge in [0.25, 0.3) is 5.91 Å². The molecular formula is C23H19BrClF7N4O. The van der Waals surface area contributed by atoms with Crippen molar-refractivity contribution in [3.63, 3.8) is 0 Å². The summed E-state index contributed by atoms with van der Waals surface area (Å²) in [5.74, 6) is -0.523. The van der Waals surface area contributed by atoms with Crippen LogP contribution in [0.25, 0.3) is 16.9 Å². The standard InChI is InChI=1S/C23H19BrClF7N4O/c1-3-35(14-5-6-14)20(37)15-8-12(4-7-17(15)25)13-10-33-36(11-13)19-16(24)9-18(34(19)2)21(26,22(27,28)29)23(30,31)32/h4,7-11,14H,3,5-6H2,1-2H3. The highest BCUT2D eigenvalue weighted by atomic mass is 79.9. The number of rotatable bonds is 6. The zero-order valence-corrected chi connectivity index (χ0v) is 21.6. The molecule has 37 heavy (non-hydrogen) atoms. The molecule has 14 heteroatoms. The summed E-state index contributed by atoms with van der Waals surface area (Å²) in [4.78, 5) is 14.7. The van der Waals surface area contributed by atoms with Gasteiger partial charge in [-0.1, -0.05) is 17.7 Å². The van der Waals surface area contributed by atoms with Crippen LogP contribution < -0.4 is 0 Å². The summed E-state index contributed by atoms with van der Waals surface area (Å²) in [5.41, 5.74) is -6.13. The Bertz CT molecular complexity index is 1330. The average Bonchev–Trinajstić information content (AvgIpc) is 3.43. The number of carbonyl (C=O) groups is 1. The molecular weight excluding hydrogens is 597 g/mol. The number of alkyl halides is 7. The third kappa shape index (κ3) is 4.64. The van der Waals surface area contributed by atoms with Gasteiger partial charge in [-0.3, -0.25) is 4.79 Å². The fourth-order valence-corrected chi connectivity index (χ4v) is 5.03. The minimum absolute atomic E-state index is 0.153. The molecule has 0 bridgehead atoms. The number of benzene rings is 1. The molecule has 1 aliphatic rings. The molecule has 1 aromatic carbocycles. The Hall–Kier alpha value is -2.54. The van der Waals surface area contributed by atoms with Crippen LogP contribution in [0.15, 0.2) is 41.1 Å². The zero-order chi connectivity index (χ0) is 27.5. The highest BCUT2D eigenvalue weighted by Gasteiger charge is 2.75. The van der Waals surface area contributed by atoms with E-state index >= 15 is 0 Å². The van der Waals surface area contributed by atoms with Crippen LogP contribution >= 0.6 is 27.5 Å². The van der Waals surface area contributed by atoms with Crippen molar-refractivity contribution in [1.82, 2.24) is 19.2 Å². The molecule has 2 aromatic heterocycles. The maximum absolute atomic E-state index is 14.7. The van der Waals surface area contributed by atoms with Crippen molar-refractivity contribution in [2.24, 2.45) is 7.05 Å². The Kier molecular flexibility index (Phi) is 6.94. The van der Waals surface area contributed by atoms with Gasteiger partial charge in [0.05, 0.1) is 26.9 Å². The molecule has 0 radical (unpaired) electrons. The van der Waals surface area contributed by atoms with Gasteiger partial charge in [0.1, 0.15) is 5.82 Å². The lowest BCUT2D eigenvalue weighted by atomic mass is 10.0. The molecule has 0 atom stereocenters. The van der Waals surface area contributed by atoms with Crippen molar-refractivity contribution >= 4 is 33.4 Å². The Morgan fingerprint density at radius 2 is 1.73 bits per heavy atom. The maximum atomic E-state index is 14.7. The number of aromatic nitrogens is 3. The van der Waals surface area contributed by atoms with Gasteiger partial charge in [0.2, 0.25) is 0 Å². The largest absolute Gasteiger partial charge is 0.437 e. The molecule has 2 heterocycles. The summed E-state index contributed by atoms with van der Waals surface area (Å²) in [5, 5.41) is 4.27. The minimum atomic E-state index is -6.26. The van der Waals surface area contributed by atoms with E-state index in [2.05, 4.69) is 21.0 Å². The van der Waals surface area contributed by atoms with Crippen LogP contribution in [0.3, 0.4) is 0 Å². The van der Waals surface area contributed by atoms with E-state index in [1.165, 1.54) is 18.5 Å². The van der Waals surface area contributed by atoms with Crippen LogP contribution in [-0.4, -0.2) is 50.1 Å². The number of amides is 1. The molecule has 0 aliphatic heterocycles. The average molecular weight is 616 g/mol. The number of halogens is 9. The number of hydrogen-bond donors (Lipinski definition) is 0. The van der Waals surface area contributed by atoms with Gasteiger partial charge in [-0.2, -0.15) is 31.4 Å². The summed E-state index contributed by atoms with van der Waals surface area (Å²) in [6.45, 7) is 2.35. The number of nitrogens with zero attached hydrogens (tertiary/aromatic N) is 4. The van der Waals surface area contributed by atoms with E-state index in [0.717, 1.165) is 24.6 Å². The van der Waals surface area contributed by atoms with Crippen molar-refractivity contribution in [2.45, 2.75) is 43.8 Å². The van der Waals surface area contributed by atoms with Gasteiger partial charge < -0.3 is 9.47 Å². The van der Waals surface area contributed by atoms with Crippen molar-refractivity contribution < 1.29 is 35.5 Å². The molecule has 1 fully saturated rings. The molecule has 1 aliphatic carbocycles. The SMILES string of the molecule is CCN(C(=O)c1cc(-c2cnn(-c3c(Br)cc(C(F)(C(F)(F)F)C(F)(F)F)n3C)c2)ccc1Cl)C1CC1. The van der Waals surface area contributed by atoms with Gasteiger partial charge in [-0.25, -0.2) is 9.07 Å². The normalized spacial score (nSPS) is 14.8. The van der Waals surface area contributed by atoms with E-state index < -0.39 is 23.7 Å². The highest BCUT2D eigenvalue weighted by molar-refractivity contribution is 9.10. The van der Waals surface area contributed by atoms with Gasteiger partial charge in [0.15, 0.2) is 0 Å². The first kappa shape index (κ1) is 27.5. The van der Waals surface area contributed by atoms with Crippen LogP contribution in [0, 0.1) is 0 Å². The summed E-state index contributed by atoms with van der Waals surface area (Å²) in [7, 11) is 0.874. The molecule has 0 saturated heterocycles. The Morgan fingerprint density at radius 1 is 1.11 bits per heavy atom. The quantitative estimate of drug-likeness (QED) is 0.275. The van der Waals surface area contributed by atoms with E-state index in [1.807, 2.05) is 6.92 Å². The van der Waals surface area contributed by atoms with Gasteiger partial charge in [0, 0.05) is 31.4 Å². The lowest BCUT2D eigenvalue weighted by Gasteiger charge is -2.30. The molecule has 5 nitrogen and oxygen atoms in total. The van der Waals surface area contributed by atoms with Crippen molar-refractivity contribution in [3.05, 3.63) is 57.4 Å². The van der Waals surface area contributed by atoms with Gasteiger partial charge in [-0.15, -0.1) is 0 Å².